The minimum atomic E-state index is 0.599. The first kappa shape index (κ1) is 29.9. The van der Waals surface area contributed by atoms with Gasteiger partial charge in [-0.05, 0) is 41.0 Å². The van der Waals surface area contributed by atoms with Crippen LogP contribution in [0.4, 0.5) is 0 Å². The summed E-state index contributed by atoms with van der Waals surface area (Å²) in [6, 6.07) is 17.8. The lowest BCUT2D eigenvalue weighted by atomic mass is 9.96. The molecule has 0 amide bonds. The van der Waals surface area contributed by atoms with Gasteiger partial charge in [-0.1, -0.05) is 124 Å². The molecule has 0 heteroatoms. The number of hydrogen-bond acceptors (Lipinski definition) is 0. The predicted octanol–water partition coefficient (Wildman–Crippen LogP) is 9.87. The number of rotatable bonds is 3. The molecular weight excluding hydrogens is 324 g/mol. The van der Waals surface area contributed by atoms with Crippen LogP contribution in [0.1, 0.15) is 99.1 Å². The molecule has 154 valence electrons. The molecule has 0 aliphatic carbocycles. The maximum atomic E-state index is 3.36. The fraction of sp³-hybridized carbons (Fsp3) is 0.481. The van der Waals surface area contributed by atoms with E-state index < -0.39 is 0 Å². The van der Waals surface area contributed by atoms with E-state index in [9.17, 15) is 0 Å². The second-order valence-electron chi connectivity index (χ2n) is 5.96. The van der Waals surface area contributed by atoms with Crippen molar-refractivity contribution in [3.8, 4) is 11.1 Å². The molecule has 0 fully saturated rings. The van der Waals surface area contributed by atoms with Crippen molar-refractivity contribution >= 4 is 0 Å². The van der Waals surface area contributed by atoms with Crippen molar-refractivity contribution < 1.29 is 0 Å². The highest BCUT2D eigenvalue weighted by molar-refractivity contribution is 5.64. The molecular formula is C27H46. The molecule has 0 atom stereocenters. The predicted molar refractivity (Wildman–Crippen MR) is 130 cm³/mol. The second kappa shape index (κ2) is 20.5. The molecule has 2 aromatic rings. The third kappa shape index (κ3) is 13.1. The van der Waals surface area contributed by atoms with Gasteiger partial charge in [0.15, 0.2) is 0 Å². The molecule has 0 bridgehead atoms. The average Bonchev–Trinajstić information content (AvgIpc) is 2.73. The van der Waals surface area contributed by atoms with Crippen molar-refractivity contribution in [3.05, 3.63) is 72.3 Å². The summed E-state index contributed by atoms with van der Waals surface area (Å²) in [6.45, 7) is 26.2. The molecule has 0 aromatic heterocycles. The number of hydrogen-bond donors (Lipinski definition) is 0. The summed E-state index contributed by atoms with van der Waals surface area (Å²) >= 11 is 0. The maximum absolute atomic E-state index is 3.36. The molecule has 2 aromatic carbocycles. The van der Waals surface area contributed by atoms with E-state index in [1.165, 1.54) is 22.3 Å². The zero-order valence-corrected chi connectivity index (χ0v) is 20.1. The fourth-order valence-electron chi connectivity index (χ4n) is 2.12. The molecule has 0 unspecified atom stereocenters. The summed E-state index contributed by atoms with van der Waals surface area (Å²) in [7, 11) is 0. The van der Waals surface area contributed by atoms with E-state index in [1.807, 2.05) is 48.5 Å². The lowest BCUT2D eigenvalue weighted by Gasteiger charge is -2.09. The first-order chi connectivity index (χ1) is 13.0. The molecule has 0 aliphatic rings. The van der Waals surface area contributed by atoms with Crippen molar-refractivity contribution in [3.63, 3.8) is 0 Å². The lowest BCUT2D eigenvalue weighted by molar-refractivity contribution is 0.866. The number of benzene rings is 2. The van der Waals surface area contributed by atoms with Gasteiger partial charge in [0.2, 0.25) is 0 Å². The highest BCUT2D eigenvalue weighted by atomic mass is 14.1. The minimum absolute atomic E-state index is 0.599. The van der Waals surface area contributed by atoms with Gasteiger partial charge in [0.25, 0.3) is 0 Å². The summed E-state index contributed by atoms with van der Waals surface area (Å²) in [4.78, 5) is 0. The van der Waals surface area contributed by atoms with Crippen molar-refractivity contribution in [2.45, 2.75) is 88.0 Å². The minimum Gasteiger partial charge on any atom is -0.103 e. The Bertz CT molecular complexity index is 478. The van der Waals surface area contributed by atoms with Gasteiger partial charge < -0.3 is 0 Å². The molecule has 0 radical (unpaired) electrons. The van der Waals surface area contributed by atoms with E-state index in [4.69, 9.17) is 0 Å². The van der Waals surface area contributed by atoms with Crippen LogP contribution in [0.2, 0.25) is 0 Å². The van der Waals surface area contributed by atoms with Gasteiger partial charge in [-0.15, -0.1) is 6.58 Å². The zero-order chi connectivity index (χ0) is 21.8. The summed E-state index contributed by atoms with van der Waals surface area (Å²) in [5.41, 5.74) is 5.40. The van der Waals surface area contributed by atoms with E-state index in [1.54, 1.807) is 6.08 Å². The van der Waals surface area contributed by atoms with Gasteiger partial charge in [0.05, 0.1) is 0 Å². The summed E-state index contributed by atoms with van der Waals surface area (Å²) in [5.74, 6) is 1.20. The molecule has 0 heterocycles. The fourth-order valence-corrected chi connectivity index (χ4v) is 2.12. The van der Waals surface area contributed by atoms with Crippen LogP contribution in [0, 0.1) is 0 Å². The van der Waals surface area contributed by atoms with E-state index >= 15 is 0 Å². The van der Waals surface area contributed by atoms with Crippen molar-refractivity contribution in [1.29, 1.82) is 0 Å². The second-order valence-corrected chi connectivity index (χ2v) is 5.96. The summed E-state index contributed by atoms with van der Waals surface area (Å²) < 4.78 is 0. The Morgan fingerprint density at radius 3 is 0.889 bits per heavy atom. The Hall–Kier alpha value is -1.82. The van der Waals surface area contributed by atoms with Crippen LogP contribution in [0.15, 0.2) is 61.2 Å². The molecule has 2 rings (SSSR count). The van der Waals surface area contributed by atoms with Crippen LogP contribution in [-0.4, -0.2) is 0 Å². The highest BCUT2D eigenvalue weighted by Gasteiger charge is 2.02. The monoisotopic (exact) mass is 370 g/mol. The normalized spacial score (nSPS) is 8.63. The average molecular weight is 371 g/mol. The smallest absolute Gasteiger partial charge is 0.0184 e. The van der Waals surface area contributed by atoms with Gasteiger partial charge in [0, 0.05) is 0 Å². The topological polar surface area (TPSA) is 0 Å². The number of allylic oxidation sites excluding steroid dienone is 1. The van der Waals surface area contributed by atoms with Gasteiger partial charge in [-0.3, -0.25) is 0 Å². The summed E-state index contributed by atoms with van der Waals surface area (Å²) in [5, 5.41) is 0. The SMILES string of the molecule is C=CC.CC.CC.CC.CC(C)c1ccc(-c2ccc(C(C)C)cc2)cc1. The van der Waals surface area contributed by atoms with Crippen LogP contribution in [0.3, 0.4) is 0 Å². The molecule has 0 N–H and O–H groups in total. The summed E-state index contributed by atoms with van der Waals surface area (Å²) in [6.07, 6.45) is 1.75. The van der Waals surface area contributed by atoms with Crippen molar-refractivity contribution in [2.75, 3.05) is 0 Å². The van der Waals surface area contributed by atoms with E-state index in [2.05, 4.69) is 82.8 Å². The van der Waals surface area contributed by atoms with E-state index in [0.717, 1.165) is 0 Å². The van der Waals surface area contributed by atoms with Gasteiger partial charge in [-0.2, -0.15) is 0 Å². The Morgan fingerprint density at radius 2 is 0.741 bits per heavy atom. The standard InChI is InChI=1S/C18H22.C3H6.3C2H6/c1-13(2)15-5-9-17(10-6-15)18-11-7-16(8-12-18)14(3)4;1-3-2;3*1-2/h5-14H,1-4H3;3H,1H2,2H3;3*1-2H3. The van der Waals surface area contributed by atoms with Gasteiger partial charge in [0.1, 0.15) is 0 Å². The Labute approximate surface area is 171 Å². The third-order valence-electron chi connectivity index (χ3n) is 3.49. The molecule has 0 spiro atoms. The van der Waals surface area contributed by atoms with Crippen LogP contribution in [-0.2, 0) is 0 Å². The largest absolute Gasteiger partial charge is 0.103 e. The van der Waals surface area contributed by atoms with Crippen LogP contribution < -0.4 is 0 Å². The zero-order valence-electron chi connectivity index (χ0n) is 20.1. The van der Waals surface area contributed by atoms with Gasteiger partial charge >= 0.3 is 0 Å². The molecule has 0 nitrogen and oxygen atoms in total. The first-order valence-electron chi connectivity index (χ1n) is 10.8. The molecule has 0 saturated carbocycles. The quantitative estimate of drug-likeness (QED) is 0.471. The highest BCUT2D eigenvalue weighted by Crippen LogP contribution is 2.24. The van der Waals surface area contributed by atoms with E-state index in [0.29, 0.717) is 11.8 Å². The Morgan fingerprint density at radius 1 is 0.556 bits per heavy atom. The Kier molecular flexibility index (Phi) is 22.7. The molecule has 0 aliphatic heterocycles. The van der Waals surface area contributed by atoms with Gasteiger partial charge in [-0.25, -0.2) is 0 Å². The lowest BCUT2D eigenvalue weighted by Crippen LogP contribution is -1.88. The Balaban J connectivity index is -0.000000555. The first-order valence-corrected chi connectivity index (χ1v) is 10.8. The third-order valence-corrected chi connectivity index (χ3v) is 3.49. The maximum Gasteiger partial charge on any atom is -0.0184 e. The molecule has 0 saturated heterocycles. The van der Waals surface area contributed by atoms with Crippen LogP contribution in [0.25, 0.3) is 11.1 Å². The van der Waals surface area contributed by atoms with Crippen molar-refractivity contribution in [2.24, 2.45) is 0 Å². The van der Waals surface area contributed by atoms with Crippen LogP contribution >= 0.6 is 0 Å². The van der Waals surface area contributed by atoms with Crippen LogP contribution in [0.5, 0.6) is 0 Å². The van der Waals surface area contributed by atoms with Crippen molar-refractivity contribution in [1.82, 2.24) is 0 Å². The van der Waals surface area contributed by atoms with E-state index in [-0.39, 0.29) is 0 Å². The molecule has 27 heavy (non-hydrogen) atoms.